The van der Waals surface area contributed by atoms with Gasteiger partial charge in [0, 0.05) is 13.0 Å². The Labute approximate surface area is 110 Å². The molecule has 1 aromatic rings. The second-order valence-corrected chi connectivity index (χ2v) is 4.85. The van der Waals surface area contributed by atoms with Crippen molar-refractivity contribution in [2.24, 2.45) is 0 Å². The highest BCUT2D eigenvalue weighted by Crippen LogP contribution is 2.06. The van der Waals surface area contributed by atoms with Gasteiger partial charge in [-0.2, -0.15) is 4.98 Å². The third kappa shape index (κ3) is 6.39. The van der Waals surface area contributed by atoms with Crippen LogP contribution in [0, 0.1) is 0 Å². The maximum atomic E-state index is 11.3. The fourth-order valence-corrected chi connectivity index (χ4v) is 1.18. The second-order valence-electron chi connectivity index (χ2n) is 4.85. The number of hydrogen-bond acceptors (Lipinski definition) is 6. The minimum atomic E-state index is -1.03. The molecule has 19 heavy (non-hydrogen) atoms. The van der Waals surface area contributed by atoms with Gasteiger partial charge in [0.2, 0.25) is 5.89 Å². The van der Waals surface area contributed by atoms with E-state index < -0.39 is 17.7 Å². The highest BCUT2D eigenvalue weighted by molar-refractivity contribution is 5.69. The summed E-state index contributed by atoms with van der Waals surface area (Å²) in [7, 11) is 0. The molecular formula is C11H17N3O5. The van der Waals surface area contributed by atoms with Gasteiger partial charge in [0.15, 0.2) is 5.82 Å². The number of rotatable bonds is 5. The van der Waals surface area contributed by atoms with Crippen molar-refractivity contribution >= 4 is 12.1 Å². The summed E-state index contributed by atoms with van der Waals surface area (Å²) in [6, 6.07) is 0. The van der Waals surface area contributed by atoms with Crippen molar-refractivity contribution in [3.8, 4) is 0 Å². The SMILES string of the molecule is CC(C)(C)OC(=O)NCCc1nc(CC(=O)O)no1. The van der Waals surface area contributed by atoms with E-state index in [9.17, 15) is 9.59 Å². The van der Waals surface area contributed by atoms with E-state index in [1.54, 1.807) is 20.8 Å². The van der Waals surface area contributed by atoms with Crippen LogP contribution in [-0.2, 0) is 22.4 Å². The highest BCUT2D eigenvalue weighted by atomic mass is 16.6. The smallest absolute Gasteiger partial charge is 0.407 e. The van der Waals surface area contributed by atoms with Gasteiger partial charge in [-0.3, -0.25) is 4.79 Å². The number of aromatic nitrogens is 2. The molecule has 0 radical (unpaired) electrons. The Kier molecular flexibility index (Phi) is 4.85. The lowest BCUT2D eigenvalue weighted by Gasteiger charge is -2.19. The normalized spacial score (nSPS) is 11.1. The molecule has 0 saturated heterocycles. The molecule has 8 heteroatoms. The number of hydrogen-bond donors (Lipinski definition) is 2. The lowest BCUT2D eigenvalue weighted by molar-refractivity contribution is -0.136. The second kappa shape index (κ2) is 6.17. The third-order valence-corrected chi connectivity index (χ3v) is 1.83. The monoisotopic (exact) mass is 271 g/mol. The number of nitrogens with zero attached hydrogens (tertiary/aromatic N) is 2. The summed E-state index contributed by atoms with van der Waals surface area (Å²) in [5, 5.41) is 14.6. The van der Waals surface area contributed by atoms with Crippen molar-refractivity contribution in [1.29, 1.82) is 0 Å². The molecule has 0 spiro atoms. The van der Waals surface area contributed by atoms with Crippen LogP contribution in [0.4, 0.5) is 4.79 Å². The molecule has 0 aliphatic rings. The van der Waals surface area contributed by atoms with Crippen LogP contribution in [0.15, 0.2) is 4.52 Å². The Morgan fingerprint density at radius 3 is 2.68 bits per heavy atom. The maximum absolute atomic E-state index is 11.3. The van der Waals surface area contributed by atoms with Crippen LogP contribution in [0.1, 0.15) is 32.5 Å². The Morgan fingerprint density at radius 1 is 1.42 bits per heavy atom. The van der Waals surface area contributed by atoms with Gasteiger partial charge in [0.25, 0.3) is 0 Å². The van der Waals surface area contributed by atoms with Gasteiger partial charge in [-0.1, -0.05) is 5.16 Å². The van der Waals surface area contributed by atoms with Gasteiger partial charge in [-0.25, -0.2) is 4.79 Å². The van der Waals surface area contributed by atoms with Crippen LogP contribution in [0.25, 0.3) is 0 Å². The van der Waals surface area contributed by atoms with Crippen molar-refractivity contribution in [1.82, 2.24) is 15.5 Å². The summed E-state index contributed by atoms with van der Waals surface area (Å²) in [5.41, 5.74) is -0.552. The largest absolute Gasteiger partial charge is 0.481 e. The number of aliphatic carboxylic acids is 1. The first-order chi connectivity index (χ1) is 8.76. The van der Waals surface area contributed by atoms with Crippen LogP contribution in [0.2, 0.25) is 0 Å². The predicted octanol–water partition coefficient (Wildman–Crippen LogP) is 0.764. The Bertz CT molecular complexity index is 449. The molecule has 106 valence electrons. The molecule has 1 aromatic heterocycles. The van der Waals surface area contributed by atoms with Crippen molar-refractivity contribution in [2.45, 2.75) is 39.2 Å². The first-order valence-corrected chi connectivity index (χ1v) is 5.76. The number of amides is 1. The molecule has 0 fully saturated rings. The predicted molar refractivity (Wildman–Crippen MR) is 63.6 cm³/mol. The first-order valence-electron chi connectivity index (χ1n) is 5.76. The van der Waals surface area contributed by atoms with Crippen molar-refractivity contribution in [3.63, 3.8) is 0 Å². The number of carbonyl (C=O) groups excluding carboxylic acids is 1. The van der Waals surface area contributed by atoms with Gasteiger partial charge >= 0.3 is 12.1 Å². The fourth-order valence-electron chi connectivity index (χ4n) is 1.18. The van der Waals surface area contributed by atoms with Crippen LogP contribution < -0.4 is 5.32 Å². The van der Waals surface area contributed by atoms with Crippen molar-refractivity contribution in [3.05, 3.63) is 11.7 Å². The van der Waals surface area contributed by atoms with Crippen molar-refractivity contribution < 1.29 is 24.0 Å². The topological polar surface area (TPSA) is 115 Å². The van der Waals surface area contributed by atoms with E-state index in [1.807, 2.05) is 0 Å². The summed E-state index contributed by atoms with van der Waals surface area (Å²) < 4.78 is 9.87. The Balaban J connectivity index is 2.31. The number of carbonyl (C=O) groups is 2. The Hall–Kier alpha value is -2.12. The average molecular weight is 271 g/mol. The zero-order valence-electron chi connectivity index (χ0n) is 11.1. The Morgan fingerprint density at radius 2 is 2.11 bits per heavy atom. The molecule has 1 rings (SSSR count). The molecule has 0 bridgehead atoms. The molecule has 1 amide bonds. The zero-order chi connectivity index (χ0) is 14.5. The molecule has 0 aliphatic carbocycles. The summed E-state index contributed by atoms with van der Waals surface area (Å²) >= 11 is 0. The van der Waals surface area contributed by atoms with Crippen LogP contribution in [0.3, 0.4) is 0 Å². The lowest BCUT2D eigenvalue weighted by atomic mass is 10.2. The van der Waals surface area contributed by atoms with Gasteiger partial charge in [-0.15, -0.1) is 0 Å². The van der Waals surface area contributed by atoms with E-state index >= 15 is 0 Å². The molecule has 8 nitrogen and oxygen atoms in total. The van der Waals surface area contributed by atoms with Crippen LogP contribution >= 0.6 is 0 Å². The van der Waals surface area contributed by atoms with Gasteiger partial charge in [0.05, 0.1) is 0 Å². The van der Waals surface area contributed by atoms with Crippen LogP contribution in [-0.4, -0.2) is 39.5 Å². The zero-order valence-corrected chi connectivity index (χ0v) is 11.1. The maximum Gasteiger partial charge on any atom is 0.407 e. The third-order valence-electron chi connectivity index (χ3n) is 1.83. The number of alkyl carbamates (subject to hydrolysis) is 1. The highest BCUT2D eigenvalue weighted by Gasteiger charge is 2.16. The summed E-state index contributed by atoms with van der Waals surface area (Å²) in [4.78, 5) is 25.6. The number of nitrogens with one attached hydrogen (secondary N) is 1. The van der Waals surface area contributed by atoms with E-state index in [4.69, 9.17) is 14.4 Å². The standard InChI is InChI=1S/C11H17N3O5/c1-11(2,3)18-10(17)12-5-4-8-13-7(14-19-8)6-9(15)16/h4-6H2,1-3H3,(H,12,17)(H,15,16). The van der Waals surface area contributed by atoms with Crippen molar-refractivity contribution in [2.75, 3.05) is 6.54 Å². The van der Waals surface area contributed by atoms with Gasteiger partial charge in [-0.05, 0) is 20.8 Å². The molecule has 1 heterocycles. The van der Waals surface area contributed by atoms with Gasteiger partial charge in [0.1, 0.15) is 12.0 Å². The summed E-state index contributed by atoms with van der Waals surface area (Å²) in [6.07, 6.45) is -0.507. The molecule has 0 aliphatic heterocycles. The average Bonchev–Trinajstić information content (AvgIpc) is 2.61. The lowest BCUT2D eigenvalue weighted by Crippen LogP contribution is -2.33. The minimum Gasteiger partial charge on any atom is -0.481 e. The molecule has 0 unspecified atom stereocenters. The molecule has 0 atom stereocenters. The molecular weight excluding hydrogens is 254 g/mol. The van der Waals surface area contributed by atoms with E-state index in [0.29, 0.717) is 6.42 Å². The van der Waals surface area contributed by atoms with E-state index in [0.717, 1.165) is 0 Å². The minimum absolute atomic E-state index is 0.111. The van der Waals surface area contributed by atoms with Gasteiger partial charge < -0.3 is 19.7 Å². The summed E-state index contributed by atoms with van der Waals surface area (Å²) in [6.45, 7) is 5.57. The molecule has 0 aromatic carbocycles. The quantitative estimate of drug-likeness (QED) is 0.812. The van der Waals surface area contributed by atoms with Crippen LogP contribution in [0.5, 0.6) is 0 Å². The molecule has 0 saturated carbocycles. The first kappa shape index (κ1) is 14.9. The van der Waals surface area contributed by atoms with E-state index in [1.165, 1.54) is 0 Å². The summed E-state index contributed by atoms with van der Waals surface area (Å²) in [5.74, 6) is -0.647. The number of ether oxygens (including phenoxy) is 1. The van der Waals surface area contributed by atoms with E-state index in [-0.39, 0.29) is 24.7 Å². The van der Waals surface area contributed by atoms with E-state index in [2.05, 4.69) is 15.5 Å². The number of carboxylic acid groups (broad SMARTS) is 1. The number of carboxylic acids is 1. The molecule has 2 N–H and O–H groups in total. The fraction of sp³-hybridized carbons (Fsp3) is 0.636.